The summed E-state index contributed by atoms with van der Waals surface area (Å²) in [5.74, 6) is 0.740. The van der Waals surface area contributed by atoms with E-state index in [1.807, 2.05) is 0 Å². The van der Waals surface area contributed by atoms with Crippen LogP contribution in [-0.2, 0) is 52.5 Å². The van der Waals surface area contributed by atoms with Crippen LogP contribution in [0.3, 0.4) is 0 Å². The molecule has 1 rings (SSSR count). The Morgan fingerprint density at radius 1 is 1.24 bits per heavy atom. The van der Waals surface area contributed by atoms with Crippen LogP contribution in [0.2, 0.25) is 0 Å². The first-order chi connectivity index (χ1) is 9.35. The first-order valence-corrected chi connectivity index (χ1v) is 8.13. The van der Waals surface area contributed by atoms with Gasteiger partial charge in [-0.1, -0.05) is 0 Å². The molecule has 0 bridgehead atoms. The molecule has 1 radical (unpaired) electrons. The van der Waals surface area contributed by atoms with Crippen molar-refractivity contribution in [3.05, 3.63) is 0 Å². The average Bonchev–Trinajstić information content (AvgIpc) is 2.37. The van der Waals surface area contributed by atoms with E-state index in [2.05, 4.69) is 5.32 Å². The van der Waals surface area contributed by atoms with E-state index in [0.717, 1.165) is 30.0 Å². The molecule has 1 aliphatic rings. The van der Waals surface area contributed by atoms with Crippen molar-refractivity contribution in [3.63, 3.8) is 0 Å². The second-order valence-corrected chi connectivity index (χ2v) is 7.09. The number of rotatable bonds is 7. The van der Waals surface area contributed by atoms with Crippen LogP contribution in [0.15, 0.2) is 0 Å². The second-order valence-electron chi connectivity index (χ2n) is 5.31. The SMILES string of the molecule is CC(=O)NCC1CCC(CN(C)S(=O)(=O)N[C-]=O)CC1.[Y]. The van der Waals surface area contributed by atoms with E-state index >= 15 is 0 Å². The van der Waals surface area contributed by atoms with Gasteiger partial charge >= 0.3 is 0 Å². The summed E-state index contributed by atoms with van der Waals surface area (Å²) in [6.45, 7) is 2.59. The van der Waals surface area contributed by atoms with Crippen LogP contribution in [0.5, 0.6) is 0 Å². The molecule has 0 spiro atoms. The standard InChI is InChI=1S/C12H22N3O4S.Y/c1-10(17)13-7-11-3-5-12(6-4-11)8-15(2)20(18,19)14-9-16;/h11-12H,3-8H2,1-2H3,(H,13,17)(H,14,16);/q-1;. The van der Waals surface area contributed by atoms with E-state index in [1.165, 1.54) is 20.4 Å². The van der Waals surface area contributed by atoms with Gasteiger partial charge in [-0.05, 0) is 37.5 Å². The van der Waals surface area contributed by atoms with Crippen molar-refractivity contribution in [1.82, 2.24) is 14.3 Å². The molecule has 0 aromatic rings. The minimum absolute atomic E-state index is 0. The summed E-state index contributed by atoms with van der Waals surface area (Å²) < 4.78 is 25.9. The van der Waals surface area contributed by atoms with Gasteiger partial charge in [0.2, 0.25) is 5.91 Å². The molecular formula is C12H22N3O4SY-. The zero-order valence-electron chi connectivity index (χ0n) is 12.5. The van der Waals surface area contributed by atoms with Crippen LogP contribution < -0.4 is 10.0 Å². The van der Waals surface area contributed by atoms with Crippen LogP contribution in [0, 0.1) is 11.8 Å². The number of nitrogens with zero attached hydrogens (tertiary/aromatic N) is 1. The Kier molecular flexibility index (Phi) is 9.85. The molecule has 7 nitrogen and oxygen atoms in total. The van der Waals surface area contributed by atoms with E-state index in [9.17, 15) is 18.0 Å². The van der Waals surface area contributed by atoms with E-state index in [4.69, 9.17) is 0 Å². The smallest absolute Gasteiger partial charge is 0.273 e. The normalized spacial score (nSPS) is 22.2. The summed E-state index contributed by atoms with van der Waals surface area (Å²) in [5, 5.41) is 2.81. The average molecular weight is 393 g/mol. The molecule has 21 heavy (non-hydrogen) atoms. The Labute approximate surface area is 151 Å². The maximum Gasteiger partial charge on any atom is 0.273 e. The summed E-state index contributed by atoms with van der Waals surface area (Å²) in [7, 11) is -2.29. The molecule has 0 aliphatic heterocycles. The number of nitrogens with one attached hydrogen (secondary N) is 2. The summed E-state index contributed by atoms with van der Waals surface area (Å²) in [6, 6.07) is 0. The monoisotopic (exact) mass is 393 g/mol. The van der Waals surface area contributed by atoms with Crippen LogP contribution in [0.25, 0.3) is 0 Å². The minimum atomic E-state index is -3.74. The Balaban J connectivity index is 0.00000400. The number of hydrogen-bond donors (Lipinski definition) is 2. The van der Waals surface area contributed by atoms with Crippen LogP contribution in [0.1, 0.15) is 32.6 Å². The molecular weight excluding hydrogens is 371 g/mol. The molecule has 0 unspecified atom stereocenters. The van der Waals surface area contributed by atoms with Crippen molar-refractivity contribution < 1.29 is 50.7 Å². The Hall–Kier alpha value is -0.0461. The third-order valence-corrected chi connectivity index (χ3v) is 5.01. The third-order valence-electron chi connectivity index (χ3n) is 3.70. The molecule has 0 aromatic heterocycles. The second kappa shape index (κ2) is 9.87. The van der Waals surface area contributed by atoms with Crippen LogP contribution >= 0.6 is 0 Å². The molecule has 1 saturated carbocycles. The van der Waals surface area contributed by atoms with Gasteiger partial charge in [-0.25, -0.2) is 0 Å². The fraction of sp³-hybridized carbons (Fsp3) is 0.833. The Morgan fingerprint density at radius 3 is 2.24 bits per heavy atom. The molecule has 0 atom stereocenters. The summed E-state index contributed by atoms with van der Waals surface area (Å²) in [4.78, 5) is 21.0. The van der Waals surface area contributed by atoms with Gasteiger partial charge < -0.3 is 14.8 Å². The third kappa shape index (κ3) is 7.67. The zero-order valence-corrected chi connectivity index (χ0v) is 16.1. The maximum atomic E-state index is 11.6. The van der Waals surface area contributed by atoms with E-state index in [-0.39, 0.29) is 44.5 Å². The molecule has 0 aromatic carbocycles. The van der Waals surface area contributed by atoms with Gasteiger partial charge in [-0.3, -0.25) is 4.79 Å². The predicted octanol–water partition coefficient (Wildman–Crippen LogP) is -0.240. The zero-order chi connectivity index (χ0) is 15.2. The molecule has 1 fully saturated rings. The van der Waals surface area contributed by atoms with Crippen molar-refractivity contribution in [1.29, 1.82) is 0 Å². The largest absolute Gasteiger partial charge is 0.519 e. The van der Waals surface area contributed by atoms with Crippen LogP contribution in [-0.4, -0.2) is 45.2 Å². The van der Waals surface area contributed by atoms with Crippen LogP contribution in [0.4, 0.5) is 0 Å². The molecule has 2 amide bonds. The van der Waals surface area contributed by atoms with Crippen molar-refractivity contribution in [2.24, 2.45) is 11.8 Å². The topological polar surface area (TPSA) is 95.6 Å². The molecule has 9 heteroatoms. The van der Waals surface area contributed by atoms with E-state index in [1.54, 1.807) is 4.72 Å². The molecule has 1 aliphatic carbocycles. The minimum Gasteiger partial charge on any atom is -0.519 e. The van der Waals surface area contributed by atoms with Gasteiger partial charge in [0.05, 0.1) is 0 Å². The van der Waals surface area contributed by atoms with Crippen molar-refractivity contribution in [3.8, 4) is 0 Å². The van der Waals surface area contributed by atoms with Gasteiger partial charge in [-0.15, -0.1) is 0 Å². The molecule has 0 heterocycles. The first-order valence-electron chi connectivity index (χ1n) is 6.69. The van der Waals surface area contributed by atoms with Gasteiger partial charge in [0.1, 0.15) is 0 Å². The molecule has 2 N–H and O–H groups in total. The molecule has 0 saturated heterocycles. The van der Waals surface area contributed by atoms with Gasteiger partial charge in [0.15, 0.2) is 0 Å². The summed E-state index contributed by atoms with van der Waals surface area (Å²) in [5.41, 5.74) is 0. The summed E-state index contributed by atoms with van der Waals surface area (Å²) >= 11 is 0. The Bertz CT molecular complexity index is 436. The van der Waals surface area contributed by atoms with E-state index in [0.29, 0.717) is 19.0 Å². The van der Waals surface area contributed by atoms with Gasteiger partial charge in [-0.2, -0.15) is 19.1 Å². The Morgan fingerprint density at radius 2 is 1.76 bits per heavy atom. The van der Waals surface area contributed by atoms with Crippen molar-refractivity contribution >= 4 is 22.5 Å². The van der Waals surface area contributed by atoms with E-state index < -0.39 is 10.2 Å². The van der Waals surface area contributed by atoms with Gasteiger partial charge in [0, 0.05) is 59.8 Å². The number of hydrogen-bond acceptors (Lipinski definition) is 4. The number of carbonyl (C=O) groups excluding carboxylic acids is 2. The van der Waals surface area contributed by atoms with Crippen molar-refractivity contribution in [2.45, 2.75) is 32.6 Å². The number of carbonyl (C=O) groups is 1. The first kappa shape index (κ1) is 21.0. The predicted molar refractivity (Wildman–Crippen MR) is 74.5 cm³/mol. The summed E-state index contributed by atoms with van der Waals surface area (Å²) in [6.07, 6.45) is 5.00. The number of amides is 2. The molecule has 119 valence electrons. The van der Waals surface area contributed by atoms with Crippen molar-refractivity contribution in [2.75, 3.05) is 20.1 Å². The maximum absolute atomic E-state index is 11.6. The fourth-order valence-electron chi connectivity index (χ4n) is 2.50. The quantitative estimate of drug-likeness (QED) is 0.461. The van der Waals surface area contributed by atoms with Gasteiger partial charge in [0.25, 0.3) is 10.2 Å². The fourth-order valence-corrected chi connectivity index (χ4v) is 3.17.